The van der Waals surface area contributed by atoms with Crippen LogP contribution in [-0.2, 0) is 0 Å². The molecule has 0 bridgehead atoms. The molecule has 2 heterocycles. The zero-order valence-electron chi connectivity index (χ0n) is 20.7. The van der Waals surface area contributed by atoms with Gasteiger partial charge in [0.15, 0.2) is 0 Å². The van der Waals surface area contributed by atoms with Crippen LogP contribution in [0.4, 0.5) is 4.79 Å². The fraction of sp³-hybridized carbons (Fsp3) is 0.370. The first-order valence-corrected chi connectivity index (χ1v) is 12.1. The summed E-state index contributed by atoms with van der Waals surface area (Å²) in [6, 6.07) is 14.7. The topological polar surface area (TPSA) is 89.7 Å². The van der Waals surface area contributed by atoms with E-state index in [1.165, 1.54) is 0 Å². The smallest absolute Gasteiger partial charge is 0.322 e. The molecule has 0 aliphatic carbocycles. The second-order valence-electron chi connectivity index (χ2n) is 8.40. The normalized spacial score (nSPS) is 15.8. The summed E-state index contributed by atoms with van der Waals surface area (Å²) >= 11 is 0. The van der Waals surface area contributed by atoms with Crippen molar-refractivity contribution in [3.8, 4) is 22.9 Å². The summed E-state index contributed by atoms with van der Waals surface area (Å²) in [4.78, 5) is 19.6. The van der Waals surface area contributed by atoms with Crippen molar-refractivity contribution in [2.75, 3.05) is 20.3 Å². The number of urea groups is 1. The predicted octanol–water partition coefficient (Wildman–Crippen LogP) is 5.83. The molecule has 0 saturated carbocycles. The summed E-state index contributed by atoms with van der Waals surface area (Å²) in [6.07, 6.45) is 3.05. The number of aromatic nitrogens is 2. The number of nitrogens with zero attached hydrogens (tertiary/aromatic N) is 3. The van der Waals surface area contributed by atoms with Gasteiger partial charge in [-0.1, -0.05) is 49.2 Å². The van der Waals surface area contributed by atoms with Gasteiger partial charge in [-0.3, -0.25) is 4.90 Å². The Labute approximate surface area is 205 Å². The number of hydrogen-bond donors (Lipinski definition) is 1. The molecule has 0 radical (unpaired) electrons. The van der Waals surface area contributed by atoms with Crippen LogP contribution in [0.5, 0.6) is 11.5 Å². The summed E-state index contributed by atoms with van der Waals surface area (Å²) in [5.41, 5.74) is 3.29. The molecule has 2 amide bonds. The molecule has 8 heteroatoms. The van der Waals surface area contributed by atoms with Crippen molar-refractivity contribution >= 4 is 11.6 Å². The molecule has 35 heavy (non-hydrogen) atoms. The second kappa shape index (κ2) is 11.1. The van der Waals surface area contributed by atoms with E-state index in [0.717, 1.165) is 47.4 Å². The van der Waals surface area contributed by atoms with Gasteiger partial charge in [0, 0.05) is 17.8 Å². The lowest BCUT2D eigenvalue weighted by Crippen LogP contribution is -2.46. The van der Waals surface area contributed by atoms with Gasteiger partial charge in [0.1, 0.15) is 11.5 Å². The summed E-state index contributed by atoms with van der Waals surface area (Å²) in [5.74, 6) is 2.32. The fourth-order valence-electron chi connectivity index (χ4n) is 4.23. The van der Waals surface area contributed by atoms with Crippen LogP contribution in [-0.4, -0.2) is 41.3 Å². The van der Waals surface area contributed by atoms with Gasteiger partial charge in [-0.2, -0.15) is 4.98 Å². The summed E-state index contributed by atoms with van der Waals surface area (Å²) in [7, 11) is 1.62. The van der Waals surface area contributed by atoms with Crippen LogP contribution in [0.25, 0.3) is 17.0 Å². The molecule has 1 unspecified atom stereocenters. The molecule has 4 rings (SSSR count). The fourth-order valence-corrected chi connectivity index (χ4v) is 4.23. The Kier molecular flexibility index (Phi) is 7.70. The Morgan fingerprint density at radius 1 is 1.09 bits per heavy atom. The Balaban J connectivity index is 1.74. The van der Waals surface area contributed by atoms with Gasteiger partial charge >= 0.3 is 6.03 Å². The SMILES string of the molecule is CCCCCN1C(=O)NC(c2ccc(OCC)cc2)C(c2nc(-c3cccc(OC)c3)no2)=C1C. The van der Waals surface area contributed by atoms with E-state index in [1.54, 1.807) is 12.0 Å². The maximum Gasteiger partial charge on any atom is 0.322 e. The lowest BCUT2D eigenvalue weighted by molar-refractivity contribution is 0.204. The molecule has 2 aromatic carbocycles. The van der Waals surface area contributed by atoms with Crippen LogP contribution in [0.15, 0.2) is 58.8 Å². The van der Waals surface area contributed by atoms with Gasteiger partial charge in [0.05, 0.1) is 25.3 Å². The molecule has 1 atom stereocenters. The second-order valence-corrected chi connectivity index (χ2v) is 8.40. The highest BCUT2D eigenvalue weighted by atomic mass is 16.5. The number of carbonyl (C=O) groups excluding carboxylic acids is 1. The third-order valence-electron chi connectivity index (χ3n) is 6.09. The zero-order chi connectivity index (χ0) is 24.8. The molecule has 3 aromatic rings. The molecular weight excluding hydrogens is 444 g/mol. The average molecular weight is 477 g/mol. The van der Waals surface area contributed by atoms with Gasteiger partial charge in [-0.05, 0) is 50.1 Å². The Morgan fingerprint density at radius 3 is 2.60 bits per heavy atom. The van der Waals surface area contributed by atoms with Crippen molar-refractivity contribution in [1.29, 1.82) is 0 Å². The van der Waals surface area contributed by atoms with Gasteiger partial charge in [0.25, 0.3) is 5.89 Å². The van der Waals surface area contributed by atoms with Crippen molar-refractivity contribution in [3.05, 3.63) is 65.7 Å². The van der Waals surface area contributed by atoms with Crippen molar-refractivity contribution in [3.63, 3.8) is 0 Å². The third kappa shape index (κ3) is 5.31. The van der Waals surface area contributed by atoms with Gasteiger partial charge in [-0.25, -0.2) is 4.79 Å². The van der Waals surface area contributed by atoms with E-state index in [-0.39, 0.29) is 6.03 Å². The highest BCUT2D eigenvalue weighted by Crippen LogP contribution is 2.38. The summed E-state index contributed by atoms with van der Waals surface area (Å²) in [6.45, 7) is 7.25. The van der Waals surface area contributed by atoms with Crippen LogP contribution in [0, 0.1) is 0 Å². The van der Waals surface area contributed by atoms with E-state index in [9.17, 15) is 4.79 Å². The number of unbranched alkanes of at least 4 members (excludes halogenated alkanes) is 2. The first kappa shape index (κ1) is 24.3. The molecular formula is C27H32N4O4. The predicted molar refractivity (Wildman–Crippen MR) is 134 cm³/mol. The standard InChI is InChI=1S/C27H32N4O4/c1-5-7-8-16-31-18(3)23(24(28-27(31)32)19-12-14-21(15-13-19)34-6-2)26-29-25(30-35-26)20-10-9-11-22(17-20)33-4/h9-15,17,24H,5-8,16H2,1-4H3,(H,28,32). The molecule has 1 aliphatic heterocycles. The van der Waals surface area contributed by atoms with Crippen molar-refractivity contribution in [2.24, 2.45) is 0 Å². The molecule has 0 fully saturated rings. The molecule has 1 aliphatic rings. The Hall–Kier alpha value is -3.81. The lowest BCUT2D eigenvalue weighted by Gasteiger charge is -2.35. The molecule has 1 N–H and O–H groups in total. The molecule has 1 aromatic heterocycles. The van der Waals surface area contributed by atoms with E-state index in [0.29, 0.717) is 30.6 Å². The Bertz CT molecular complexity index is 1190. The highest BCUT2D eigenvalue weighted by molar-refractivity contribution is 5.86. The van der Waals surface area contributed by atoms with Crippen LogP contribution in [0.1, 0.15) is 57.5 Å². The van der Waals surface area contributed by atoms with Crippen LogP contribution in [0.3, 0.4) is 0 Å². The largest absolute Gasteiger partial charge is 0.497 e. The monoisotopic (exact) mass is 476 g/mol. The number of allylic oxidation sites excluding steroid dienone is 1. The van der Waals surface area contributed by atoms with E-state index in [4.69, 9.17) is 19.0 Å². The first-order valence-electron chi connectivity index (χ1n) is 12.1. The van der Waals surface area contributed by atoms with E-state index in [1.807, 2.05) is 62.4 Å². The molecule has 0 spiro atoms. The highest BCUT2D eigenvalue weighted by Gasteiger charge is 2.35. The third-order valence-corrected chi connectivity index (χ3v) is 6.09. The van der Waals surface area contributed by atoms with Crippen molar-refractivity contribution in [2.45, 2.75) is 46.1 Å². The van der Waals surface area contributed by atoms with E-state index < -0.39 is 6.04 Å². The molecule has 0 saturated heterocycles. The molecule has 8 nitrogen and oxygen atoms in total. The number of nitrogens with one attached hydrogen (secondary N) is 1. The number of rotatable bonds is 10. The van der Waals surface area contributed by atoms with Gasteiger partial charge < -0.3 is 19.3 Å². The molecule has 184 valence electrons. The van der Waals surface area contributed by atoms with Gasteiger partial charge in [0.2, 0.25) is 5.82 Å². The number of hydrogen-bond acceptors (Lipinski definition) is 6. The van der Waals surface area contributed by atoms with Gasteiger partial charge in [-0.15, -0.1) is 0 Å². The van der Waals surface area contributed by atoms with Crippen LogP contribution < -0.4 is 14.8 Å². The number of benzene rings is 2. The van der Waals surface area contributed by atoms with Crippen molar-refractivity contribution in [1.82, 2.24) is 20.4 Å². The summed E-state index contributed by atoms with van der Waals surface area (Å²) < 4.78 is 16.7. The van der Waals surface area contributed by atoms with E-state index >= 15 is 0 Å². The minimum Gasteiger partial charge on any atom is -0.497 e. The minimum absolute atomic E-state index is 0.131. The number of carbonyl (C=O) groups is 1. The summed E-state index contributed by atoms with van der Waals surface area (Å²) in [5, 5.41) is 7.38. The minimum atomic E-state index is -0.431. The number of ether oxygens (including phenoxy) is 2. The first-order chi connectivity index (χ1) is 17.0. The average Bonchev–Trinajstić information content (AvgIpc) is 3.36. The van der Waals surface area contributed by atoms with E-state index in [2.05, 4.69) is 17.4 Å². The zero-order valence-corrected chi connectivity index (χ0v) is 20.7. The number of methoxy groups -OCH3 is 1. The van der Waals surface area contributed by atoms with Crippen LogP contribution >= 0.6 is 0 Å². The quantitative estimate of drug-likeness (QED) is 0.370. The van der Waals surface area contributed by atoms with Crippen LogP contribution in [0.2, 0.25) is 0 Å². The Morgan fingerprint density at radius 2 is 1.89 bits per heavy atom. The van der Waals surface area contributed by atoms with Crippen molar-refractivity contribution < 1.29 is 18.8 Å². The number of amides is 2. The maximum atomic E-state index is 13.1. The maximum absolute atomic E-state index is 13.1. The lowest BCUT2D eigenvalue weighted by atomic mass is 9.94.